The number of hydrogen-bond donors (Lipinski definition) is 0. The molecule has 0 atom stereocenters. The van der Waals surface area contributed by atoms with E-state index in [0.29, 0.717) is 5.92 Å². The lowest BCUT2D eigenvalue weighted by Crippen LogP contribution is -2.39. The maximum absolute atomic E-state index is 12.7. The van der Waals surface area contributed by atoms with Gasteiger partial charge in [-0.05, 0) is 55.2 Å². The van der Waals surface area contributed by atoms with Gasteiger partial charge in [0.15, 0.2) is 0 Å². The molecule has 1 aromatic heterocycles. The molecular weight excluding hydrogens is 384 g/mol. The highest BCUT2D eigenvalue weighted by Gasteiger charge is 2.24. The van der Waals surface area contributed by atoms with Gasteiger partial charge in [0.1, 0.15) is 8.07 Å². The highest BCUT2D eigenvalue weighted by molar-refractivity contribution is 6.83. The van der Waals surface area contributed by atoms with E-state index in [1.165, 1.54) is 10.9 Å². The molecule has 0 unspecified atom stereocenters. The predicted molar refractivity (Wildman–Crippen MR) is 127 cm³/mol. The van der Waals surface area contributed by atoms with Crippen LogP contribution in [0.25, 0.3) is 10.9 Å². The van der Waals surface area contributed by atoms with Crippen LogP contribution in [0.3, 0.4) is 0 Å². The molecule has 1 aliphatic rings. The smallest absolute Gasteiger partial charge is 0.253 e. The molecule has 30 heavy (non-hydrogen) atoms. The molecule has 1 fully saturated rings. The lowest BCUT2D eigenvalue weighted by molar-refractivity contribution is 0.0683. The van der Waals surface area contributed by atoms with Gasteiger partial charge in [0.2, 0.25) is 0 Å². The van der Waals surface area contributed by atoms with Gasteiger partial charge < -0.3 is 9.47 Å². The maximum atomic E-state index is 12.7. The molecule has 2 aromatic carbocycles. The fourth-order valence-corrected chi connectivity index (χ4v) is 4.58. The van der Waals surface area contributed by atoms with Crippen LogP contribution in [0.15, 0.2) is 60.8 Å². The van der Waals surface area contributed by atoms with E-state index in [4.69, 9.17) is 0 Å². The summed E-state index contributed by atoms with van der Waals surface area (Å²) in [6, 6.07) is 18.4. The molecule has 1 saturated heterocycles. The Hall–Kier alpha value is -2.77. The summed E-state index contributed by atoms with van der Waals surface area (Å²) >= 11 is 0. The quantitative estimate of drug-likeness (QED) is 0.415. The van der Waals surface area contributed by atoms with Crippen LogP contribution in [-0.2, 0) is 6.54 Å². The van der Waals surface area contributed by atoms with Crippen LogP contribution in [0.5, 0.6) is 0 Å². The first-order valence-electron chi connectivity index (χ1n) is 10.9. The number of aromatic nitrogens is 1. The van der Waals surface area contributed by atoms with Gasteiger partial charge in [-0.15, -0.1) is 5.54 Å². The molecule has 0 saturated carbocycles. The molecule has 2 heterocycles. The Bertz CT molecular complexity index is 1090. The summed E-state index contributed by atoms with van der Waals surface area (Å²) in [5.74, 6) is 4.12. The van der Waals surface area contributed by atoms with Crippen LogP contribution >= 0.6 is 0 Å². The number of hydrogen-bond acceptors (Lipinski definition) is 1. The van der Waals surface area contributed by atoms with E-state index in [2.05, 4.69) is 66.1 Å². The zero-order valence-corrected chi connectivity index (χ0v) is 19.2. The summed E-state index contributed by atoms with van der Waals surface area (Å²) in [6.45, 7) is 9.51. The molecule has 154 valence electrons. The fraction of sp³-hybridized carbons (Fsp3) is 0.346. The second-order valence-electron chi connectivity index (χ2n) is 9.34. The highest BCUT2D eigenvalue weighted by Crippen LogP contribution is 2.24. The van der Waals surface area contributed by atoms with Crippen molar-refractivity contribution in [1.82, 2.24) is 9.47 Å². The Balaban J connectivity index is 1.39. The zero-order valence-electron chi connectivity index (χ0n) is 18.2. The van der Waals surface area contributed by atoms with Crippen molar-refractivity contribution in [3.8, 4) is 11.5 Å². The van der Waals surface area contributed by atoms with Crippen molar-refractivity contribution in [1.29, 1.82) is 0 Å². The van der Waals surface area contributed by atoms with Gasteiger partial charge in [-0.3, -0.25) is 4.79 Å². The normalized spacial score (nSPS) is 15.1. The Labute approximate surface area is 180 Å². The number of carbonyl (C=O) groups excluding carboxylic acids is 1. The summed E-state index contributed by atoms with van der Waals surface area (Å²) in [5.41, 5.74) is 6.62. The van der Waals surface area contributed by atoms with Crippen LogP contribution in [0, 0.1) is 17.4 Å². The molecule has 0 bridgehead atoms. The van der Waals surface area contributed by atoms with Crippen LogP contribution in [0.4, 0.5) is 0 Å². The van der Waals surface area contributed by atoms with Crippen molar-refractivity contribution in [2.24, 2.45) is 5.92 Å². The molecule has 3 nitrogen and oxygen atoms in total. The third-order valence-corrected chi connectivity index (χ3v) is 6.61. The van der Waals surface area contributed by atoms with E-state index in [9.17, 15) is 4.79 Å². The average Bonchev–Trinajstić information content (AvgIpc) is 3.14. The van der Waals surface area contributed by atoms with Gasteiger partial charge in [-0.1, -0.05) is 43.8 Å². The zero-order chi connectivity index (χ0) is 21.1. The van der Waals surface area contributed by atoms with Crippen LogP contribution in [-0.4, -0.2) is 36.5 Å². The van der Waals surface area contributed by atoms with Gasteiger partial charge in [-0.25, -0.2) is 0 Å². The number of amides is 1. The minimum Gasteiger partial charge on any atom is -0.347 e. The van der Waals surface area contributed by atoms with Crippen LogP contribution < -0.4 is 0 Å². The van der Waals surface area contributed by atoms with Gasteiger partial charge in [0, 0.05) is 47.9 Å². The molecule has 1 amide bonds. The van der Waals surface area contributed by atoms with Crippen molar-refractivity contribution < 1.29 is 4.79 Å². The SMILES string of the molecule is C[Si](C)(C)C#Cc1ccc2c(ccn2CC2CCN(C(=O)c3ccccc3)CC2)c1. The van der Waals surface area contributed by atoms with Gasteiger partial charge in [0.25, 0.3) is 5.91 Å². The second-order valence-corrected chi connectivity index (χ2v) is 14.1. The van der Waals surface area contributed by atoms with Gasteiger partial charge in [0.05, 0.1) is 0 Å². The van der Waals surface area contributed by atoms with Crippen molar-refractivity contribution in [3.63, 3.8) is 0 Å². The van der Waals surface area contributed by atoms with Crippen molar-refractivity contribution in [2.45, 2.75) is 39.0 Å². The highest BCUT2D eigenvalue weighted by atomic mass is 28.3. The minimum atomic E-state index is -1.36. The first-order valence-corrected chi connectivity index (χ1v) is 14.4. The Morgan fingerprint density at radius 2 is 1.77 bits per heavy atom. The number of likely N-dealkylation sites (tertiary alicyclic amines) is 1. The van der Waals surface area contributed by atoms with Crippen molar-refractivity contribution in [2.75, 3.05) is 13.1 Å². The lowest BCUT2D eigenvalue weighted by atomic mass is 9.96. The Morgan fingerprint density at radius 3 is 2.47 bits per heavy atom. The number of rotatable bonds is 3. The molecule has 0 spiro atoms. The molecular formula is C26H30N2OSi. The Kier molecular flexibility index (Phi) is 5.83. The monoisotopic (exact) mass is 414 g/mol. The molecule has 0 N–H and O–H groups in total. The topological polar surface area (TPSA) is 25.2 Å². The van der Waals surface area contributed by atoms with Crippen molar-refractivity contribution >= 4 is 24.9 Å². The van der Waals surface area contributed by atoms with E-state index in [1.54, 1.807) is 0 Å². The van der Waals surface area contributed by atoms with Crippen molar-refractivity contribution in [3.05, 3.63) is 71.9 Å². The maximum Gasteiger partial charge on any atom is 0.253 e. The minimum absolute atomic E-state index is 0.160. The molecule has 0 aliphatic carbocycles. The molecule has 3 aromatic rings. The van der Waals surface area contributed by atoms with E-state index in [-0.39, 0.29) is 5.91 Å². The lowest BCUT2D eigenvalue weighted by Gasteiger charge is -2.32. The Morgan fingerprint density at radius 1 is 1.03 bits per heavy atom. The molecule has 0 radical (unpaired) electrons. The number of fused-ring (bicyclic) bond motifs is 1. The first-order chi connectivity index (χ1) is 14.4. The van der Waals surface area contributed by atoms with E-state index >= 15 is 0 Å². The summed E-state index contributed by atoms with van der Waals surface area (Å²) in [6.07, 6.45) is 4.30. The molecule has 4 rings (SSSR count). The van der Waals surface area contributed by atoms with Gasteiger partial charge in [-0.2, -0.15) is 0 Å². The number of piperidine rings is 1. The predicted octanol–water partition coefficient (Wildman–Crippen LogP) is 5.42. The number of benzene rings is 2. The first kappa shape index (κ1) is 20.5. The number of carbonyl (C=O) groups is 1. The second kappa shape index (κ2) is 8.53. The third kappa shape index (κ3) is 4.85. The van der Waals surface area contributed by atoms with E-state index < -0.39 is 8.07 Å². The summed E-state index contributed by atoms with van der Waals surface area (Å²) in [4.78, 5) is 14.7. The fourth-order valence-electron chi connectivity index (χ4n) is 4.06. The average molecular weight is 415 g/mol. The third-order valence-electron chi connectivity index (χ3n) is 5.73. The number of nitrogens with zero attached hydrogens (tertiary/aromatic N) is 2. The standard InChI is InChI=1S/C26H30N2OSi/c1-30(2,3)18-14-21-9-10-25-24(19-21)13-17-28(25)20-22-11-15-27(16-12-22)26(29)23-7-5-4-6-8-23/h4-10,13,17,19,22H,11-12,15-16,20H2,1-3H3. The molecule has 1 aliphatic heterocycles. The van der Waals surface area contributed by atoms with Crippen LogP contribution in [0.1, 0.15) is 28.8 Å². The molecule has 4 heteroatoms. The summed E-state index contributed by atoms with van der Waals surface area (Å²) in [5, 5.41) is 1.26. The van der Waals surface area contributed by atoms with E-state index in [1.807, 2.05) is 35.2 Å². The van der Waals surface area contributed by atoms with Crippen LogP contribution in [0.2, 0.25) is 19.6 Å². The summed E-state index contributed by atoms with van der Waals surface area (Å²) < 4.78 is 2.37. The van der Waals surface area contributed by atoms with E-state index in [0.717, 1.165) is 43.6 Å². The summed E-state index contributed by atoms with van der Waals surface area (Å²) in [7, 11) is -1.36. The largest absolute Gasteiger partial charge is 0.347 e. The van der Waals surface area contributed by atoms with Gasteiger partial charge >= 0.3 is 0 Å².